The van der Waals surface area contributed by atoms with Crippen molar-refractivity contribution < 1.29 is 9.84 Å². The quantitative estimate of drug-likeness (QED) is 0.701. The molecule has 1 unspecified atom stereocenters. The number of hydrogen-bond donors (Lipinski definition) is 1. The largest absolute Gasteiger partial charge is 0.389 e. The Kier molecular flexibility index (Phi) is 5.22. The van der Waals surface area contributed by atoms with E-state index in [9.17, 15) is 5.11 Å². The average molecular weight is 242 g/mol. The van der Waals surface area contributed by atoms with Gasteiger partial charge in [0.25, 0.3) is 0 Å². The zero-order valence-electron chi connectivity index (χ0n) is 11.0. The van der Waals surface area contributed by atoms with Gasteiger partial charge in [0.2, 0.25) is 0 Å². The molecule has 1 saturated heterocycles. The second-order valence-electron chi connectivity index (χ2n) is 5.36. The number of rotatable bonds is 7. The summed E-state index contributed by atoms with van der Waals surface area (Å²) < 4.78 is 5.23. The smallest absolute Gasteiger partial charge is 0.0900 e. The first-order valence-electron chi connectivity index (χ1n) is 6.98. The molecule has 0 aromatic rings. The summed E-state index contributed by atoms with van der Waals surface area (Å²) in [6, 6.07) is 0. The molecule has 2 fully saturated rings. The first-order valence-corrected chi connectivity index (χ1v) is 6.98. The van der Waals surface area contributed by atoms with Crippen molar-refractivity contribution in [3.05, 3.63) is 0 Å². The lowest BCUT2D eigenvalue weighted by molar-refractivity contribution is 0.0105. The number of piperazine rings is 1. The van der Waals surface area contributed by atoms with Gasteiger partial charge in [-0.05, 0) is 25.7 Å². The lowest BCUT2D eigenvalue weighted by Crippen LogP contribution is -2.49. The average Bonchev–Trinajstić information content (AvgIpc) is 3.13. The van der Waals surface area contributed by atoms with Gasteiger partial charge in [0.05, 0.1) is 12.7 Å². The van der Waals surface area contributed by atoms with Gasteiger partial charge in [0, 0.05) is 45.9 Å². The molecular weight excluding hydrogens is 216 g/mol. The van der Waals surface area contributed by atoms with Gasteiger partial charge in [-0.2, -0.15) is 0 Å². The van der Waals surface area contributed by atoms with Crippen LogP contribution in [0.1, 0.15) is 19.8 Å². The van der Waals surface area contributed by atoms with Crippen LogP contribution in [-0.4, -0.2) is 73.5 Å². The van der Waals surface area contributed by atoms with E-state index in [1.807, 2.05) is 6.92 Å². The first-order chi connectivity index (χ1) is 8.28. The van der Waals surface area contributed by atoms with Crippen molar-refractivity contribution in [2.45, 2.75) is 25.9 Å². The van der Waals surface area contributed by atoms with Crippen molar-refractivity contribution >= 4 is 0 Å². The summed E-state index contributed by atoms with van der Waals surface area (Å²) in [5.41, 5.74) is 0. The summed E-state index contributed by atoms with van der Waals surface area (Å²) in [6.45, 7) is 9.70. The lowest BCUT2D eigenvalue weighted by Gasteiger charge is -2.35. The Bertz CT molecular complexity index is 213. The highest BCUT2D eigenvalue weighted by atomic mass is 16.5. The van der Waals surface area contributed by atoms with Crippen LogP contribution in [-0.2, 0) is 4.74 Å². The number of nitrogens with zero attached hydrogens (tertiary/aromatic N) is 2. The molecule has 1 aliphatic heterocycles. The molecule has 0 spiro atoms. The van der Waals surface area contributed by atoms with E-state index in [1.165, 1.54) is 19.4 Å². The predicted octanol–water partition coefficient (Wildman–Crippen LogP) is 0.411. The Morgan fingerprint density at radius 1 is 1.18 bits per heavy atom. The SMILES string of the molecule is CCOCC(O)CN1CCN(CC2CC2)CC1. The number of aliphatic hydroxyl groups is 1. The zero-order valence-corrected chi connectivity index (χ0v) is 11.0. The highest BCUT2D eigenvalue weighted by Gasteiger charge is 2.26. The molecule has 0 amide bonds. The molecule has 4 heteroatoms. The van der Waals surface area contributed by atoms with E-state index in [1.54, 1.807) is 0 Å². The minimum Gasteiger partial charge on any atom is -0.389 e. The third-order valence-electron chi connectivity index (χ3n) is 3.66. The van der Waals surface area contributed by atoms with Crippen LogP contribution in [0.15, 0.2) is 0 Å². The van der Waals surface area contributed by atoms with Gasteiger partial charge in [0.15, 0.2) is 0 Å². The van der Waals surface area contributed by atoms with Crippen LogP contribution in [0.5, 0.6) is 0 Å². The monoisotopic (exact) mass is 242 g/mol. The maximum Gasteiger partial charge on any atom is 0.0900 e. The van der Waals surface area contributed by atoms with Crippen LogP contribution in [0, 0.1) is 5.92 Å². The summed E-state index contributed by atoms with van der Waals surface area (Å²) in [5, 5.41) is 9.77. The van der Waals surface area contributed by atoms with Crippen molar-refractivity contribution in [3.8, 4) is 0 Å². The minimum absolute atomic E-state index is 0.329. The van der Waals surface area contributed by atoms with Crippen molar-refractivity contribution in [2.24, 2.45) is 5.92 Å². The van der Waals surface area contributed by atoms with E-state index in [0.717, 1.165) is 38.6 Å². The van der Waals surface area contributed by atoms with Gasteiger partial charge >= 0.3 is 0 Å². The maximum atomic E-state index is 9.77. The summed E-state index contributed by atoms with van der Waals surface area (Å²) in [7, 11) is 0. The fourth-order valence-corrected chi connectivity index (χ4v) is 2.42. The van der Waals surface area contributed by atoms with Gasteiger partial charge in [-0.1, -0.05) is 0 Å². The van der Waals surface area contributed by atoms with Crippen LogP contribution >= 0.6 is 0 Å². The standard InChI is InChI=1S/C13H26N2O2/c1-2-17-11-13(16)10-15-7-5-14(6-8-15)9-12-3-4-12/h12-13,16H,2-11H2,1H3. The van der Waals surface area contributed by atoms with Crippen LogP contribution in [0.2, 0.25) is 0 Å². The van der Waals surface area contributed by atoms with Gasteiger partial charge in [-0.15, -0.1) is 0 Å². The molecule has 0 aromatic carbocycles. The van der Waals surface area contributed by atoms with Crippen LogP contribution in [0.3, 0.4) is 0 Å². The molecule has 4 nitrogen and oxygen atoms in total. The van der Waals surface area contributed by atoms with Gasteiger partial charge in [-0.25, -0.2) is 0 Å². The van der Waals surface area contributed by atoms with E-state index in [0.29, 0.717) is 13.2 Å². The predicted molar refractivity (Wildman–Crippen MR) is 68.1 cm³/mol. The topological polar surface area (TPSA) is 35.9 Å². The molecule has 1 saturated carbocycles. The molecule has 0 bridgehead atoms. The molecule has 1 aliphatic carbocycles. The summed E-state index contributed by atoms with van der Waals surface area (Å²) >= 11 is 0. The van der Waals surface area contributed by atoms with Crippen molar-refractivity contribution in [1.82, 2.24) is 9.80 Å². The summed E-state index contributed by atoms with van der Waals surface area (Å²) in [4.78, 5) is 4.93. The second-order valence-corrected chi connectivity index (χ2v) is 5.36. The molecule has 17 heavy (non-hydrogen) atoms. The molecule has 100 valence electrons. The van der Waals surface area contributed by atoms with E-state index in [4.69, 9.17) is 4.74 Å². The third kappa shape index (κ3) is 4.92. The molecule has 0 aromatic heterocycles. The van der Waals surface area contributed by atoms with E-state index in [-0.39, 0.29) is 6.10 Å². The number of ether oxygens (including phenoxy) is 1. The fraction of sp³-hybridized carbons (Fsp3) is 1.00. The highest BCUT2D eigenvalue weighted by Crippen LogP contribution is 2.29. The van der Waals surface area contributed by atoms with Gasteiger partial charge in [-0.3, -0.25) is 4.90 Å². The van der Waals surface area contributed by atoms with E-state index >= 15 is 0 Å². The first kappa shape index (κ1) is 13.3. The molecule has 2 rings (SSSR count). The number of aliphatic hydroxyl groups excluding tert-OH is 1. The molecule has 2 aliphatic rings. The molecule has 1 atom stereocenters. The lowest BCUT2D eigenvalue weighted by atomic mass is 10.2. The van der Waals surface area contributed by atoms with Crippen LogP contribution in [0.4, 0.5) is 0 Å². The molecule has 1 N–H and O–H groups in total. The molecular formula is C13H26N2O2. The highest BCUT2D eigenvalue weighted by molar-refractivity contribution is 4.81. The third-order valence-corrected chi connectivity index (χ3v) is 3.66. The normalized spacial score (nSPS) is 25.1. The molecule has 1 heterocycles. The Morgan fingerprint density at radius 2 is 1.82 bits per heavy atom. The van der Waals surface area contributed by atoms with Gasteiger partial charge < -0.3 is 14.7 Å². The van der Waals surface area contributed by atoms with Crippen molar-refractivity contribution in [2.75, 3.05) is 52.5 Å². The van der Waals surface area contributed by atoms with Crippen molar-refractivity contribution in [1.29, 1.82) is 0 Å². The second kappa shape index (κ2) is 6.69. The minimum atomic E-state index is -0.329. The summed E-state index contributed by atoms with van der Waals surface area (Å²) in [5.74, 6) is 0.991. The molecule has 0 radical (unpaired) electrons. The Hall–Kier alpha value is -0.160. The van der Waals surface area contributed by atoms with Crippen LogP contribution < -0.4 is 0 Å². The number of β-amino-alcohol motifs (C(OH)–C–C–N with tert-alkyl or cyclic N) is 1. The van der Waals surface area contributed by atoms with Crippen LogP contribution in [0.25, 0.3) is 0 Å². The van der Waals surface area contributed by atoms with E-state index < -0.39 is 0 Å². The Balaban J connectivity index is 1.57. The van der Waals surface area contributed by atoms with Gasteiger partial charge in [0.1, 0.15) is 0 Å². The summed E-state index contributed by atoms with van der Waals surface area (Å²) in [6.07, 6.45) is 2.55. The maximum absolute atomic E-state index is 9.77. The zero-order chi connectivity index (χ0) is 12.1. The van der Waals surface area contributed by atoms with E-state index in [2.05, 4.69) is 9.80 Å². The Morgan fingerprint density at radius 3 is 2.41 bits per heavy atom. The van der Waals surface area contributed by atoms with Crippen molar-refractivity contribution in [3.63, 3.8) is 0 Å². The number of hydrogen-bond acceptors (Lipinski definition) is 4. The fourth-order valence-electron chi connectivity index (χ4n) is 2.42. The Labute approximate surface area is 105 Å².